The number of hydrogen-bond acceptors (Lipinski definition) is 4. The summed E-state index contributed by atoms with van der Waals surface area (Å²) in [5.41, 5.74) is 0. The minimum Gasteiger partial charge on any atom is -0.357 e. The van der Waals surface area contributed by atoms with Crippen LogP contribution in [0.3, 0.4) is 0 Å². The van der Waals surface area contributed by atoms with Gasteiger partial charge in [-0.05, 0) is 31.6 Å². The van der Waals surface area contributed by atoms with Crippen molar-refractivity contribution < 1.29 is 0 Å². The number of aryl methyl sites for hydroxylation is 1. The van der Waals surface area contributed by atoms with E-state index >= 15 is 0 Å². The Bertz CT molecular complexity index is 335. The van der Waals surface area contributed by atoms with Crippen molar-refractivity contribution in [2.75, 3.05) is 5.32 Å². The number of hydrogen-bond donors (Lipinski definition) is 1. The SMILES string of the molecule is Cc1nsc(NC2CCCCC2C(C)C)n1. The molecule has 0 saturated heterocycles. The highest BCUT2D eigenvalue weighted by atomic mass is 32.1. The van der Waals surface area contributed by atoms with Crippen LogP contribution < -0.4 is 5.32 Å². The second-order valence-corrected chi connectivity index (χ2v) is 5.84. The Hall–Kier alpha value is -0.640. The molecule has 1 aliphatic rings. The lowest BCUT2D eigenvalue weighted by Crippen LogP contribution is -2.35. The lowest BCUT2D eigenvalue weighted by Gasteiger charge is -2.34. The maximum Gasteiger partial charge on any atom is 0.202 e. The molecule has 0 aromatic carbocycles. The van der Waals surface area contributed by atoms with Gasteiger partial charge in [0.15, 0.2) is 0 Å². The molecule has 0 aliphatic heterocycles. The topological polar surface area (TPSA) is 37.8 Å². The maximum absolute atomic E-state index is 4.39. The largest absolute Gasteiger partial charge is 0.357 e. The lowest BCUT2D eigenvalue weighted by molar-refractivity contribution is 0.254. The van der Waals surface area contributed by atoms with Crippen LogP contribution in [0, 0.1) is 18.8 Å². The first-order chi connectivity index (χ1) is 7.66. The summed E-state index contributed by atoms with van der Waals surface area (Å²) >= 11 is 1.48. The van der Waals surface area contributed by atoms with Crippen molar-refractivity contribution in [1.82, 2.24) is 9.36 Å². The summed E-state index contributed by atoms with van der Waals surface area (Å²) in [4.78, 5) is 4.39. The molecule has 1 aromatic rings. The molecule has 4 heteroatoms. The molecule has 16 heavy (non-hydrogen) atoms. The predicted octanol–water partition coefficient (Wildman–Crippen LogP) is 3.47. The molecule has 2 atom stereocenters. The highest BCUT2D eigenvalue weighted by Crippen LogP contribution is 2.32. The van der Waals surface area contributed by atoms with E-state index in [0.717, 1.165) is 22.8 Å². The minimum atomic E-state index is 0.598. The Morgan fingerprint density at radius 2 is 2.06 bits per heavy atom. The molecule has 0 spiro atoms. The van der Waals surface area contributed by atoms with Crippen molar-refractivity contribution in [3.05, 3.63) is 5.82 Å². The Kier molecular flexibility index (Phi) is 3.79. The smallest absolute Gasteiger partial charge is 0.202 e. The highest BCUT2D eigenvalue weighted by molar-refractivity contribution is 7.09. The van der Waals surface area contributed by atoms with Crippen molar-refractivity contribution in [2.45, 2.75) is 52.5 Å². The Morgan fingerprint density at radius 1 is 1.31 bits per heavy atom. The molecule has 0 radical (unpaired) electrons. The van der Waals surface area contributed by atoms with Gasteiger partial charge in [-0.3, -0.25) is 0 Å². The third-order valence-corrected chi connectivity index (χ3v) is 4.25. The van der Waals surface area contributed by atoms with E-state index < -0.39 is 0 Å². The van der Waals surface area contributed by atoms with Gasteiger partial charge in [-0.1, -0.05) is 26.7 Å². The molecular formula is C12H21N3S. The summed E-state index contributed by atoms with van der Waals surface area (Å²) in [6.45, 7) is 6.61. The highest BCUT2D eigenvalue weighted by Gasteiger charge is 2.27. The van der Waals surface area contributed by atoms with Crippen LogP contribution in [0.1, 0.15) is 45.4 Å². The van der Waals surface area contributed by atoms with Crippen molar-refractivity contribution in [3.63, 3.8) is 0 Å². The van der Waals surface area contributed by atoms with Gasteiger partial charge in [0.05, 0.1) is 0 Å². The molecule has 1 fully saturated rings. The molecule has 3 nitrogen and oxygen atoms in total. The monoisotopic (exact) mass is 239 g/mol. The quantitative estimate of drug-likeness (QED) is 0.877. The van der Waals surface area contributed by atoms with Gasteiger partial charge in [-0.2, -0.15) is 4.37 Å². The summed E-state index contributed by atoms with van der Waals surface area (Å²) in [6.07, 6.45) is 5.36. The normalized spacial score (nSPS) is 26.0. The van der Waals surface area contributed by atoms with Crippen LogP contribution >= 0.6 is 11.5 Å². The molecular weight excluding hydrogens is 218 g/mol. The van der Waals surface area contributed by atoms with E-state index in [0.29, 0.717) is 6.04 Å². The van der Waals surface area contributed by atoms with E-state index in [9.17, 15) is 0 Å². The molecule has 0 amide bonds. The summed E-state index contributed by atoms with van der Waals surface area (Å²) in [7, 11) is 0. The number of rotatable bonds is 3. The third-order valence-electron chi connectivity index (χ3n) is 3.51. The Labute approximate surface area is 102 Å². The summed E-state index contributed by atoms with van der Waals surface area (Å²) in [5.74, 6) is 2.43. The Balaban J connectivity index is 2.01. The van der Waals surface area contributed by atoms with E-state index in [4.69, 9.17) is 0 Å². The average molecular weight is 239 g/mol. The number of anilines is 1. The molecule has 90 valence electrons. The van der Waals surface area contributed by atoms with Gasteiger partial charge in [0.25, 0.3) is 0 Å². The fourth-order valence-electron chi connectivity index (χ4n) is 2.65. The van der Waals surface area contributed by atoms with Crippen molar-refractivity contribution in [1.29, 1.82) is 0 Å². The van der Waals surface area contributed by atoms with Gasteiger partial charge in [-0.15, -0.1) is 0 Å². The average Bonchev–Trinajstić information content (AvgIpc) is 2.64. The molecule has 1 aliphatic carbocycles. The first-order valence-corrected chi connectivity index (χ1v) is 7.01. The van der Waals surface area contributed by atoms with Crippen molar-refractivity contribution in [3.8, 4) is 0 Å². The second-order valence-electron chi connectivity index (χ2n) is 5.09. The van der Waals surface area contributed by atoms with Gasteiger partial charge in [0, 0.05) is 17.6 Å². The molecule has 1 N–H and O–H groups in total. The van der Waals surface area contributed by atoms with Gasteiger partial charge in [0.2, 0.25) is 5.13 Å². The summed E-state index contributed by atoms with van der Waals surface area (Å²) in [5, 5.41) is 4.57. The number of nitrogens with one attached hydrogen (secondary N) is 1. The summed E-state index contributed by atoms with van der Waals surface area (Å²) < 4.78 is 4.22. The van der Waals surface area contributed by atoms with Crippen molar-refractivity contribution in [2.24, 2.45) is 11.8 Å². The summed E-state index contributed by atoms with van der Waals surface area (Å²) in [6, 6.07) is 0.598. The van der Waals surface area contributed by atoms with Gasteiger partial charge < -0.3 is 5.32 Å². The first kappa shape index (κ1) is 11.8. The second kappa shape index (κ2) is 5.13. The molecule has 1 aromatic heterocycles. The molecule has 2 rings (SSSR count). The lowest BCUT2D eigenvalue weighted by atomic mass is 9.78. The van der Waals surface area contributed by atoms with Gasteiger partial charge in [0.1, 0.15) is 5.82 Å². The zero-order valence-electron chi connectivity index (χ0n) is 10.4. The minimum absolute atomic E-state index is 0.598. The fourth-order valence-corrected chi connectivity index (χ4v) is 3.29. The van der Waals surface area contributed by atoms with Crippen LogP contribution in [0.15, 0.2) is 0 Å². The van der Waals surface area contributed by atoms with E-state index in [-0.39, 0.29) is 0 Å². The van der Waals surface area contributed by atoms with E-state index in [1.54, 1.807) is 0 Å². The van der Waals surface area contributed by atoms with Crippen molar-refractivity contribution >= 4 is 16.7 Å². The van der Waals surface area contributed by atoms with E-state index in [2.05, 4.69) is 28.5 Å². The fraction of sp³-hybridized carbons (Fsp3) is 0.833. The van der Waals surface area contributed by atoms with Crippen LogP contribution in [-0.2, 0) is 0 Å². The van der Waals surface area contributed by atoms with E-state index in [1.807, 2.05) is 6.92 Å². The Morgan fingerprint density at radius 3 is 2.69 bits per heavy atom. The molecule has 1 saturated carbocycles. The van der Waals surface area contributed by atoms with E-state index in [1.165, 1.54) is 37.2 Å². The molecule has 1 heterocycles. The maximum atomic E-state index is 4.39. The third kappa shape index (κ3) is 2.73. The zero-order chi connectivity index (χ0) is 11.5. The first-order valence-electron chi connectivity index (χ1n) is 6.23. The zero-order valence-corrected chi connectivity index (χ0v) is 11.2. The predicted molar refractivity (Wildman–Crippen MR) is 68.9 cm³/mol. The standard InChI is InChI=1S/C12H21N3S/c1-8(2)10-6-4-5-7-11(10)14-12-13-9(3)15-16-12/h8,10-11H,4-7H2,1-3H3,(H,13,14,15). The molecule has 0 bridgehead atoms. The molecule has 2 unspecified atom stereocenters. The van der Waals surface area contributed by atoms with Gasteiger partial charge in [-0.25, -0.2) is 4.98 Å². The van der Waals surface area contributed by atoms with Gasteiger partial charge >= 0.3 is 0 Å². The number of aromatic nitrogens is 2. The van der Waals surface area contributed by atoms with Crippen LogP contribution in [0.5, 0.6) is 0 Å². The van der Waals surface area contributed by atoms with Crippen LogP contribution in [0.25, 0.3) is 0 Å². The van der Waals surface area contributed by atoms with Crippen LogP contribution in [-0.4, -0.2) is 15.4 Å². The van der Waals surface area contributed by atoms with Crippen LogP contribution in [0.4, 0.5) is 5.13 Å². The number of nitrogens with zero attached hydrogens (tertiary/aromatic N) is 2. The van der Waals surface area contributed by atoms with Crippen LogP contribution in [0.2, 0.25) is 0 Å².